The molecule has 0 fully saturated rings. The molecule has 0 N–H and O–H groups in total. The minimum Gasteiger partial charge on any atom is -0.461 e. The zero-order valence-corrected chi connectivity index (χ0v) is 13.6. The summed E-state index contributed by atoms with van der Waals surface area (Å²) in [7, 11) is 1.71. The molecule has 0 unspecified atom stereocenters. The van der Waals surface area contributed by atoms with Gasteiger partial charge < -0.3 is 4.74 Å². The third kappa shape index (κ3) is 4.46. The van der Waals surface area contributed by atoms with Gasteiger partial charge >= 0.3 is 12.0 Å². The van der Waals surface area contributed by atoms with E-state index < -0.39 is 5.97 Å². The maximum Gasteiger partial charge on any atom is 0.330 e. The van der Waals surface area contributed by atoms with Crippen molar-refractivity contribution in [2.45, 2.75) is 0 Å². The summed E-state index contributed by atoms with van der Waals surface area (Å²) in [5.41, 5.74) is 1.52. The first kappa shape index (κ1) is 17.3. The zero-order chi connectivity index (χ0) is 17.4. The van der Waals surface area contributed by atoms with Crippen LogP contribution in [0.1, 0.15) is 0 Å². The zero-order valence-electron chi connectivity index (χ0n) is 13.6. The Balaban J connectivity index is 2.17. The predicted octanol–water partition coefficient (Wildman–Crippen LogP) is 3.48. The minimum absolute atomic E-state index is 0.0914. The fourth-order valence-corrected chi connectivity index (χ4v) is 2.18. The van der Waals surface area contributed by atoms with E-state index in [4.69, 9.17) is 4.74 Å². The molecule has 2 rings (SSSR count). The number of ether oxygens (including phenoxy) is 1. The highest BCUT2D eigenvalue weighted by Gasteiger charge is 2.20. The topological polar surface area (TPSA) is 49.9 Å². The number of amides is 2. The van der Waals surface area contributed by atoms with Gasteiger partial charge in [-0.05, 0) is 24.3 Å². The van der Waals surface area contributed by atoms with E-state index in [-0.39, 0.29) is 19.2 Å². The average molecular weight is 324 g/mol. The van der Waals surface area contributed by atoms with Crippen molar-refractivity contribution >= 4 is 23.4 Å². The second kappa shape index (κ2) is 8.53. The second-order valence-corrected chi connectivity index (χ2v) is 5.04. The van der Waals surface area contributed by atoms with Crippen molar-refractivity contribution in [3.05, 3.63) is 73.3 Å². The van der Waals surface area contributed by atoms with Gasteiger partial charge in [0.05, 0.1) is 6.54 Å². The van der Waals surface area contributed by atoms with Gasteiger partial charge in [0.25, 0.3) is 0 Å². The summed E-state index contributed by atoms with van der Waals surface area (Å²) in [6, 6.07) is 18.4. The Morgan fingerprint density at radius 2 is 1.54 bits per heavy atom. The summed E-state index contributed by atoms with van der Waals surface area (Å²) < 4.78 is 5.01. The number of hydrogen-bond acceptors (Lipinski definition) is 3. The molecule has 2 aromatic carbocycles. The fourth-order valence-electron chi connectivity index (χ4n) is 2.18. The van der Waals surface area contributed by atoms with Crippen LogP contribution in [0.25, 0.3) is 0 Å². The van der Waals surface area contributed by atoms with E-state index >= 15 is 0 Å². The molecule has 124 valence electrons. The summed E-state index contributed by atoms with van der Waals surface area (Å²) in [6.45, 7) is 3.70. The summed E-state index contributed by atoms with van der Waals surface area (Å²) >= 11 is 0. The normalized spacial score (nSPS) is 9.88. The molecular weight excluding hydrogens is 304 g/mol. The number of hydrogen-bond donors (Lipinski definition) is 0. The molecule has 0 aliphatic heterocycles. The van der Waals surface area contributed by atoms with Crippen LogP contribution in [0.15, 0.2) is 73.3 Å². The molecular formula is C19H20N2O3. The van der Waals surface area contributed by atoms with Crippen LogP contribution < -0.4 is 9.80 Å². The van der Waals surface area contributed by atoms with Crippen molar-refractivity contribution in [2.75, 3.05) is 30.0 Å². The van der Waals surface area contributed by atoms with E-state index in [1.807, 2.05) is 60.7 Å². The molecule has 0 saturated heterocycles. The van der Waals surface area contributed by atoms with Crippen molar-refractivity contribution in [1.29, 1.82) is 0 Å². The van der Waals surface area contributed by atoms with Crippen molar-refractivity contribution in [2.24, 2.45) is 0 Å². The summed E-state index contributed by atoms with van der Waals surface area (Å²) in [4.78, 5) is 27.2. The van der Waals surface area contributed by atoms with Crippen LogP contribution >= 0.6 is 0 Å². The number of para-hydroxylation sites is 2. The van der Waals surface area contributed by atoms with Gasteiger partial charge in [-0.15, -0.1) is 0 Å². The molecule has 2 aromatic rings. The van der Waals surface area contributed by atoms with E-state index in [9.17, 15) is 9.59 Å². The Morgan fingerprint density at radius 3 is 2.08 bits per heavy atom. The van der Waals surface area contributed by atoms with Crippen molar-refractivity contribution < 1.29 is 14.3 Å². The lowest BCUT2D eigenvalue weighted by Crippen LogP contribution is -2.43. The van der Waals surface area contributed by atoms with Gasteiger partial charge in [-0.2, -0.15) is 0 Å². The smallest absolute Gasteiger partial charge is 0.330 e. The average Bonchev–Trinajstić information content (AvgIpc) is 2.65. The van der Waals surface area contributed by atoms with E-state index in [2.05, 4.69) is 6.58 Å². The Bertz CT molecular complexity index is 686. The molecule has 5 heteroatoms. The number of urea groups is 1. The van der Waals surface area contributed by atoms with E-state index in [1.54, 1.807) is 16.8 Å². The van der Waals surface area contributed by atoms with Gasteiger partial charge in [0.15, 0.2) is 0 Å². The molecule has 0 aliphatic rings. The van der Waals surface area contributed by atoms with Crippen LogP contribution in [-0.4, -0.2) is 32.2 Å². The molecule has 2 amide bonds. The van der Waals surface area contributed by atoms with Crippen LogP contribution in [0.3, 0.4) is 0 Å². The lowest BCUT2D eigenvalue weighted by Gasteiger charge is -2.28. The lowest BCUT2D eigenvalue weighted by molar-refractivity contribution is -0.137. The van der Waals surface area contributed by atoms with Gasteiger partial charge in [0.1, 0.15) is 6.61 Å². The maximum atomic E-state index is 12.9. The number of anilines is 2. The van der Waals surface area contributed by atoms with Crippen molar-refractivity contribution in [3.63, 3.8) is 0 Å². The number of rotatable bonds is 6. The van der Waals surface area contributed by atoms with E-state index in [0.29, 0.717) is 0 Å². The van der Waals surface area contributed by atoms with Gasteiger partial charge in [0, 0.05) is 24.5 Å². The van der Waals surface area contributed by atoms with Crippen molar-refractivity contribution in [1.82, 2.24) is 0 Å². The standard InChI is InChI=1S/C19H20N2O3/c1-3-18(22)24-15-14-21(17-12-8-5-9-13-17)19(23)20(2)16-10-6-4-7-11-16/h3-13H,1,14-15H2,2H3. The lowest BCUT2D eigenvalue weighted by atomic mass is 10.2. The summed E-state index contributed by atoms with van der Waals surface area (Å²) in [5.74, 6) is -0.508. The molecule has 0 aliphatic carbocycles. The van der Waals surface area contributed by atoms with Crippen LogP contribution in [0, 0.1) is 0 Å². The van der Waals surface area contributed by atoms with Gasteiger partial charge in [-0.1, -0.05) is 43.0 Å². The first-order chi connectivity index (χ1) is 11.6. The van der Waals surface area contributed by atoms with Gasteiger partial charge in [0.2, 0.25) is 0 Å². The maximum absolute atomic E-state index is 12.9. The molecule has 0 radical (unpaired) electrons. The monoisotopic (exact) mass is 324 g/mol. The first-order valence-corrected chi connectivity index (χ1v) is 7.58. The predicted molar refractivity (Wildman–Crippen MR) is 95.2 cm³/mol. The number of esters is 1. The molecule has 0 heterocycles. The summed E-state index contributed by atoms with van der Waals surface area (Å²) in [6.07, 6.45) is 1.10. The Morgan fingerprint density at radius 1 is 1.00 bits per heavy atom. The van der Waals surface area contributed by atoms with Gasteiger partial charge in [-0.25, -0.2) is 9.59 Å². The minimum atomic E-state index is -0.508. The third-order valence-electron chi connectivity index (χ3n) is 3.46. The molecule has 0 atom stereocenters. The SMILES string of the molecule is C=CC(=O)OCCN(C(=O)N(C)c1ccccc1)c1ccccc1. The van der Waals surface area contributed by atoms with E-state index in [0.717, 1.165) is 17.5 Å². The van der Waals surface area contributed by atoms with Crippen LogP contribution in [0.2, 0.25) is 0 Å². The van der Waals surface area contributed by atoms with Gasteiger partial charge in [-0.3, -0.25) is 9.80 Å². The number of benzene rings is 2. The van der Waals surface area contributed by atoms with Crippen molar-refractivity contribution in [3.8, 4) is 0 Å². The molecule has 5 nitrogen and oxygen atoms in total. The highest BCUT2D eigenvalue weighted by molar-refractivity contribution is 6.03. The summed E-state index contributed by atoms with van der Waals surface area (Å²) in [5, 5.41) is 0. The Kier molecular flexibility index (Phi) is 6.14. The van der Waals surface area contributed by atoms with E-state index in [1.165, 1.54) is 0 Å². The van der Waals surface area contributed by atoms with Crippen LogP contribution in [0.5, 0.6) is 0 Å². The Labute approximate surface area is 141 Å². The fraction of sp³-hybridized carbons (Fsp3) is 0.158. The molecule has 0 bridgehead atoms. The Hall–Kier alpha value is -3.08. The highest BCUT2D eigenvalue weighted by Crippen LogP contribution is 2.19. The third-order valence-corrected chi connectivity index (χ3v) is 3.46. The largest absolute Gasteiger partial charge is 0.461 e. The molecule has 24 heavy (non-hydrogen) atoms. The molecule has 0 saturated carbocycles. The first-order valence-electron chi connectivity index (χ1n) is 7.58. The number of carbonyl (C=O) groups is 2. The quantitative estimate of drug-likeness (QED) is 0.604. The molecule has 0 spiro atoms. The highest BCUT2D eigenvalue weighted by atomic mass is 16.5. The van der Waals surface area contributed by atoms with Crippen LogP contribution in [-0.2, 0) is 9.53 Å². The number of carbonyl (C=O) groups excluding carboxylic acids is 2. The van der Waals surface area contributed by atoms with Crippen LogP contribution in [0.4, 0.5) is 16.2 Å². The number of nitrogens with zero attached hydrogens (tertiary/aromatic N) is 2. The molecule has 0 aromatic heterocycles. The second-order valence-electron chi connectivity index (χ2n) is 5.04.